The van der Waals surface area contributed by atoms with E-state index in [0.717, 1.165) is 11.8 Å². The Morgan fingerprint density at radius 2 is 1.07 bits per heavy atom. The summed E-state index contributed by atoms with van der Waals surface area (Å²) in [6.45, 7) is 11.6. The van der Waals surface area contributed by atoms with Gasteiger partial charge in [-0.15, -0.1) is 0 Å². The van der Waals surface area contributed by atoms with Crippen LogP contribution in [0.3, 0.4) is 0 Å². The first-order chi connectivity index (χ1) is 14.7. The highest BCUT2D eigenvalue weighted by atomic mass is 14.2. The monoisotopic (exact) mass is 414 g/mol. The summed E-state index contributed by atoms with van der Waals surface area (Å²) in [6.07, 6.45) is 23.6. The molecule has 0 heterocycles. The number of benzene rings is 1. The van der Waals surface area contributed by atoms with Gasteiger partial charge in [-0.25, -0.2) is 0 Å². The van der Waals surface area contributed by atoms with Gasteiger partial charge in [0.2, 0.25) is 0 Å². The van der Waals surface area contributed by atoms with E-state index in [0.29, 0.717) is 0 Å². The van der Waals surface area contributed by atoms with E-state index in [1.54, 1.807) is 11.1 Å². The van der Waals surface area contributed by atoms with E-state index in [1.807, 2.05) is 0 Å². The van der Waals surface area contributed by atoms with E-state index in [-0.39, 0.29) is 0 Å². The molecule has 0 aliphatic carbocycles. The second-order valence-electron chi connectivity index (χ2n) is 9.95. The lowest BCUT2D eigenvalue weighted by atomic mass is 9.81. The molecule has 0 atom stereocenters. The van der Waals surface area contributed by atoms with Crippen molar-refractivity contribution in [3.63, 3.8) is 0 Å². The Bertz CT molecular complexity index is 495. The normalized spacial score (nSPS) is 11.7. The van der Waals surface area contributed by atoms with Crippen LogP contribution < -0.4 is 0 Å². The molecule has 0 bridgehead atoms. The Balaban J connectivity index is 2.97. The molecule has 1 aromatic rings. The molecule has 0 aliphatic heterocycles. The summed E-state index contributed by atoms with van der Waals surface area (Å²) in [7, 11) is 0. The minimum absolute atomic E-state index is 0.783. The highest BCUT2D eigenvalue weighted by molar-refractivity contribution is 5.34. The largest absolute Gasteiger partial charge is 0.0654 e. The number of aryl methyl sites for hydroxylation is 1. The van der Waals surface area contributed by atoms with Crippen LogP contribution in [0, 0.1) is 12.8 Å². The Kier molecular flexibility index (Phi) is 16.2. The van der Waals surface area contributed by atoms with E-state index < -0.39 is 0 Å². The average Bonchev–Trinajstić information content (AvgIpc) is 2.73. The molecule has 0 heteroatoms. The summed E-state index contributed by atoms with van der Waals surface area (Å²) in [5.41, 5.74) is 4.87. The van der Waals surface area contributed by atoms with E-state index in [2.05, 4.69) is 52.8 Å². The lowest BCUT2D eigenvalue weighted by molar-refractivity contribution is 0.405. The molecule has 0 radical (unpaired) electrons. The highest BCUT2D eigenvalue weighted by Gasteiger charge is 2.18. The summed E-state index contributed by atoms with van der Waals surface area (Å²) in [5, 5.41) is 0. The van der Waals surface area contributed by atoms with Gasteiger partial charge in [-0.2, -0.15) is 0 Å². The Morgan fingerprint density at radius 1 is 0.600 bits per heavy atom. The molecular formula is C30H54. The van der Waals surface area contributed by atoms with Gasteiger partial charge in [-0.3, -0.25) is 0 Å². The average molecular weight is 415 g/mol. The summed E-state index contributed by atoms with van der Waals surface area (Å²) in [5.74, 6) is 1.67. The van der Waals surface area contributed by atoms with E-state index in [4.69, 9.17) is 0 Å². The third-order valence-electron chi connectivity index (χ3n) is 6.99. The highest BCUT2D eigenvalue weighted by Crippen LogP contribution is 2.34. The second-order valence-corrected chi connectivity index (χ2v) is 9.95. The van der Waals surface area contributed by atoms with Gasteiger partial charge < -0.3 is 0 Å². The molecule has 174 valence electrons. The third-order valence-corrected chi connectivity index (χ3v) is 6.99. The number of unbranched alkanes of at least 4 members (excludes halogenated alkanes) is 8. The van der Waals surface area contributed by atoms with Crippen LogP contribution in [0.4, 0.5) is 0 Å². The van der Waals surface area contributed by atoms with Crippen molar-refractivity contribution < 1.29 is 0 Å². The SMILES string of the molecule is CCCCCC(CCCCC)Cc1cc(C)ccc1C(CCCCC)CCCCC. The fourth-order valence-electron chi connectivity index (χ4n) is 5.07. The second kappa shape index (κ2) is 17.9. The van der Waals surface area contributed by atoms with Crippen LogP contribution in [0.2, 0.25) is 0 Å². The number of rotatable bonds is 19. The standard InChI is InChI=1S/C30H54/c1-6-10-14-18-27(19-15-11-7-2)25-29-24-26(5)22-23-30(29)28(20-16-12-8-3)21-17-13-9-4/h22-24,27-28H,6-21,25H2,1-5H3. The van der Waals surface area contributed by atoms with E-state index >= 15 is 0 Å². The smallest absolute Gasteiger partial charge is 0.0159 e. The molecule has 0 N–H and O–H groups in total. The van der Waals surface area contributed by atoms with Crippen molar-refractivity contribution in [3.8, 4) is 0 Å². The number of hydrogen-bond donors (Lipinski definition) is 0. The van der Waals surface area contributed by atoms with Crippen LogP contribution in [-0.2, 0) is 6.42 Å². The molecule has 1 aromatic carbocycles. The zero-order valence-electron chi connectivity index (χ0n) is 21.4. The first-order valence-electron chi connectivity index (χ1n) is 13.7. The van der Waals surface area contributed by atoms with Crippen LogP contribution in [0.5, 0.6) is 0 Å². The molecule has 0 unspecified atom stereocenters. The predicted molar refractivity (Wildman–Crippen MR) is 138 cm³/mol. The topological polar surface area (TPSA) is 0 Å². The first kappa shape index (κ1) is 27.3. The maximum absolute atomic E-state index is 2.55. The quantitative estimate of drug-likeness (QED) is 0.197. The predicted octanol–water partition coefficient (Wildman–Crippen LogP) is 10.6. The van der Waals surface area contributed by atoms with Crippen molar-refractivity contribution in [1.29, 1.82) is 0 Å². The van der Waals surface area contributed by atoms with Gasteiger partial charge in [0.1, 0.15) is 0 Å². The van der Waals surface area contributed by atoms with Gasteiger partial charge in [0.25, 0.3) is 0 Å². The van der Waals surface area contributed by atoms with Crippen LogP contribution in [-0.4, -0.2) is 0 Å². The van der Waals surface area contributed by atoms with Gasteiger partial charge in [0, 0.05) is 0 Å². The molecule has 0 amide bonds. The van der Waals surface area contributed by atoms with Crippen molar-refractivity contribution in [2.75, 3.05) is 0 Å². The third kappa shape index (κ3) is 11.6. The lowest BCUT2D eigenvalue weighted by Crippen LogP contribution is -2.10. The van der Waals surface area contributed by atoms with Gasteiger partial charge in [-0.05, 0) is 49.1 Å². The molecule has 0 saturated carbocycles. The Morgan fingerprint density at radius 3 is 1.53 bits per heavy atom. The lowest BCUT2D eigenvalue weighted by Gasteiger charge is -2.24. The van der Waals surface area contributed by atoms with Gasteiger partial charge >= 0.3 is 0 Å². The van der Waals surface area contributed by atoms with Crippen LogP contribution in [0.15, 0.2) is 18.2 Å². The van der Waals surface area contributed by atoms with Gasteiger partial charge in [-0.1, -0.05) is 141 Å². The summed E-state index contributed by atoms with van der Waals surface area (Å²) >= 11 is 0. The number of hydrogen-bond acceptors (Lipinski definition) is 0. The van der Waals surface area contributed by atoms with Crippen LogP contribution >= 0.6 is 0 Å². The summed E-state index contributed by atoms with van der Waals surface area (Å²) in [6, 6.07) is 7.45. The Hall–Kier alpha value is -0.780. The van der Waals surface area contributed by atoms with E-state index in [1.165, 1.54) is 115 Å². The van der Waals surface area contributed by atoms with Crippen molar-refractivity contribution in [1.82, 2.24) is 0 Å². The molecule has 0 spiro atoms. The Labute approximate surface area is 190 Å². The van der Waals surface area contributed by atoms with Crippen LogP contribution in [0.25, 0.3) is 0 Å². The van der Waals surface area contributed by atoms with Crippen LogP contribution in [0.1, 0.15) is 153 Å². The minimum Gasteiger partial charge on any atom is -0.0654 e. The minimum atomic E-state index is 0.783. The fourth-order valence-corrected chi connectivity index (χ4v) is 5.07. The zero-order chi connectivity index (χ0) is 22.0. The van der Waals surface area contributed by atoms with Crippen molar-refractivity contribution >= 4 is 0 Å². The van der Waals surface area contributed by atoms with Gasteiger partial charge in [0.15, 0.2) is 0 Å². The maximum Gasteiger partial charge on any atom is -0.0159 e. The van der Waals surface area contributed by atoms with Crippen molar-refractivity contribution in [2.45, 2.75) is 150 Å². The fraction of sp³-hybridized carbons (Fsp3) is 0.800. The molecule has 30 heavy (non-hydrogen) atoms. The van der Waals surface area contributed by atoms with Crippen molar-refractivity contribution in [3.05, 3.63) is 34.9 Å². The first-order valence-corrected chi connectivity index (χ1v) is 13.7. The zero-order valence-corrected chi connectivity index (χ0v) is 21.4. The maximum atomic E-state index is 2.55. The molecule has 0 fully saturated rings. The molecule has 0 aliphatic rings. The molecule has 0 nitrogen and oxygen atoms in total. The molecule has 1 rings (SSSR count). The summed E-state index contributed by atoms with van der Waals surface area (Å²) in [4.78, 5) is 0. The van der Waals surface area contributed by atoms with Crippen molar-refractivity contribution in [2.24, 2.45) is 5.92 Å². The molecule has 0 aromatic heterocycles. The van der Waals surface area contributed by atoms with E-state index in [9.17, 15) is 0 Å². The van der Waals surface area contributed by atoms with Gasteiger partial charge in [0.05, 0.1) is 0 Å². The summed E-state index contributed by atoms with van der Waals surface area (Å²) < 4.78 is 0. The molecular weight excluding hydrogens is 360 g/mol. The molecule has 0 saturated heterocycles.